The van der Waals surface area contributed by atoms with E-state index in [1.165, 1.54) is 10.1 Å². The zero-order chi connectivity index (χ0) is 25.9. The van der Waals surface area contributed by atoms with Crippen molar-refractivity contribution in [1.29, 1.82) is 0 Å². The number of rotatable bonds is 8. The third-order valence-corrected chi connectivity index (χ3v) is 7.08. The van der Waals surface area contributed by atoms with E-state index in [9.17, 15) is 14.7 Å². The number of aromatic nitrogens is 4. The first-order valence-electron chi connectivity index (χ1n) is 12.7. The van der Waals surface area contributed by atoms with Gasteiger partial charge >= 0.3 is 5.69 Å². The van der Waals surface area contributed by atoms with Crippen molar-refractivity contribution in [3.63, 3.8) is 0 Å². The number of imidazole rings is 1. The molecule has 2 aromatic heterocycles. The number of hydrogen-bond acceptors (Lipinski definition) is 6. The van der Waals surface area contributed by atoms with Gasteiger partial charge in [0.15, 0.2) is 11.2 Å². The van der Waals surface area contributed by atoms with Crippen LogP contribution in [0.15, 0.2) is 64.2 Å². The highest BCUT2D eigenvalue weighted by Crippen LogP contribution is 2.27. The van der Waals surface area contributed by atoms with Crippen LogP contribution in [0.25, 0.3) is 11.2 Å². The summed E-state index contributed by atoms with van der Waals surface area (Å²) in [6.07, 6.45) is 2.14. The number of anilines is 1. The third kappa shape index (κ3) is 5.46. The standard InChI is InChI=1S/C28H33N5O4/c1-19-7-6-10-23(15-19)37-18-22(34)17-33-24-25(31(2)28(36)30-26(24)35)29-27(33)32-13-11-21(12-14-32)16-20-8-4-3-5-9-20/h3-10,15,21-22,34H,11-14,16-18H2,1-2H3,(H,30,35,36). The second-order valence-electron chi connectivity index (χ2n) is 9.91. The number of hydrogen-bond donors (Lipinski definition) is 2. The molecule has 0 bridgehead atoms. The van der Waals surface area contributed by atoms with E-state index in [0.29, 0.717) is 23.3 Å². The second kappa shape index (κ2) is 10.6. The van der Waals surface area contributed by atoms with Crippen LogP contribution in [0, 0.1) is 12.8 Å². The van der Waals surface area contributed by atoms with Crippen molar-refractivity contribution in [2.24, 2.45) is 13.0 Å². The number of nitrogens with zero attached hydrogens (tertiary/aromatic N) is 4. The molecule has 4 aromatic rings. The molecule has 1 aliphatic rings. The van der Waals surface area contributed by atoms with Gasteiger partial charge in [0.05, 0.1) is 6.54 Å². The first kappa shape index (κ1) is 24.8. The van der Waals surface area contributed by atoms with Gasteiger partial charge in [0.25, 0.3) is 5.56 Å². The van der Waals surface area contributed by atoms with Crippen LogP contribution in [-0.4, -0.2) is 50.0 Å². The molecule has 1 fully saturated rings. The molecule has 9 nitrogen and oxygen atoms in total. The molecule has 1 saturated heterocycles. The Morgan fingerprint density at radius 3 is 2.59 bits per heavy atom. The quantitative estimate of drug-likeness (QED) is 0.383. The van der Waals surface area contributed by atoms with E-state index in [2.05, 4.69) is 34.1 Å². The van der Waals surface area contributed by atoms with Crippen molar-refractivity contribution in [2.75, 3.05) is 24.6 Å². The molecule has 194 valence electrons. The number of aryl methyl sites for hydroxylation is 2. The molecule has 1 atom stereocenters. The van der Waals surface area contributed by atoms with Gasteiger partial charge in [-0.3, -0.25) is 14.3 Å². The molecule has 9 heteroatoms. The lowest BCUT2D eigenvalue weighted by atomic mass is 9.90. The van der Waals surface area contributed by atoms with E-state index >= 15 is 0 Å². The molecule has 0 amide bonds. The molecule has 1 aliphatic heterocycles. The fourth-order valence-electron chi connectivity index (χ4n) is 5.08. The highest BCUT2D eigenvalue weighted by Gasteiger charge is 2.27. The van der Waals surface area contributed by atoms with Crippen LogP contribution in [-0.2, 0) is 20.0 Å². The number of H-pyrrole nitrogens is 1. The van der Waals surface area contributed by atoms with E-state index < -0.39 is 17.4 Å². The summed E-state index contributed by atoms with van der Waals surface area (Å²) >= 11 is 0. The van der Waals surface area contributed by atoms with Crippen molar-refractivity contribution in [1.82, 2.24) is 19.1 Å². The van der Waals surface area contributed by atoms with E-state index in [1.54, 1.807) is 11.6 Å². The smallest absolute Gasteiger partial charge is 0.329 e. The monoisotopic (exact) mass is 503 g/mol. The molecule has 0 spiro atoms. The minimum Gasteiger partial charge on any atom is -0.491 e. The molecule has 2 aromatic carbocycles. The Labute approximate surface area is 215 Å². The molecule has 37 heavy (non-hydrogen) atoms. The van der Waals surface area contributed by atoms with Gasteiger partial charge < -0.3 is 19.3 Å². The Kier molecular flexibility index (Phi) is 7.14. The van der Waals surface area contributed by atoms with Crippen molar-refractivity contribution in [3.8, 4) is 5.75 Å². The lowest BCUT2D eigenvalue weighted by Crippen LogP contribution is -2.37. The second-order valence-corrected chi connectivity index (χ2v) is 9.91. The van der Waals surface area contributed by atoms with Crippen LogP contribution >= 0.6 is 0 Å². The summed E-state index contributed by atoms with van der Waals surface area (Å²) in [7, 11) is 1.59. The molecule has 0 radical (unpaired) electrons. The molecule has 3 heterocycles. The Morgan fingerprint density at radius 2 is 1.86 bits per heavy atom. The summed E-state index contributed by atoms with van der Waals surface area (Å²) in [5.74, 6) is 1.84. The zero-order valence-electron chi connectivity index (χ0n) is 21.3. The van der Waals surface area contributed by atoms with Gasteiger partial charge in [-0.05, 0) is 55.4 Å². The number of nitrogens with one attached hydrogen (secondary N) is 1. The predicted molar refractivity (Wildman–Crippen MR) is 143 cm³/mol. The number of ether oxygens (including phenoxy) is 1. The molecule has 2 N–H and O–H groups in total. The van der Waals surface area contributed by atoms with Crippen molar-refractivity contribution in [3.05, 3.63) is 86.6 Å². The number of aliphatic hydroxyl groups excluding tert-OH is 1. The number of benzene rings is 2. The van der Waals surface area contributed by atoms with Crippen LogP contribution in [0.3, 0.4) is 0 Å². The van der Waals surface area contributed by atoms with Gasteiger partial charge in [-0.15, -0.1) is 0 Å². The number of aromatic amines is 1. The Morgan fingerprint density at radius 1 is 1.11 bits per heavy atom. The maximum atomic E-state index is 12.9. The molecule has 5 rings (SSSR count). The number of aliphatic hydroxyl groups is 1. The van der Waals surface area contributed by atoms with Gasteiger partial charge in [0.2, 0.25) is 5.95 Å². The zero-order valence-corrected chi connectivity index (χ0v) is 21.3. The topological polar surface area (TPSA) is 105 Å². The summed E-state index contributed by atoms with van der Waals surface area (Å²) in [4.78, 5) is 34.4. The van der Waals surface area contributed by atoms with Crippen molar-refractivity contribution >= 4 is 17.1 Å². The SMILES string of the molecule is Cc1cccc(OCC(O)Cn2c(N3CCC(Cc4ccccc4)CC3)nc3c2c(=O)[nH]c(=O)n3C)c1. The Hall–Kier alpha value is -3.85. The molecule has 0 aliphatic carbocycles. The van der Waals surface area contributed by atoms with Crippen LogP contribution in [0.2, 0.25) is 0 Å². The number of piperidine rings is 1. The lowest BCUT2D eigenvalue weighted by Gasteiger charge is -2.33. The van der Waals surface area contributed by atoms with E-state index in [4.69, 9.17) is 9.72 Å². The van der Waals surface area contributed by atoms with E-state index in [-0.39, 0.29) is 18.7 Å². The number of fused-ring (bicyclic) bond motifs is 1. The molecule has 0 saturated carbocycles. The van der Waals surface area contributed by atoms with Gasteiger partial charge in [-0.25, -0.2) is 4.79 Å². The largest absolute Gasteiger partial charge is 0.491 e. The lowest BCUT2D eigenvalue weighted by molar-refractivity contribution is 0.0935. The van der Waals surface area contributed by atoms with Gasteiger partial charge in [0, 0.05) is 20.1 Å². The van der Waals surface area contributed by atoms with Gasteiger partial charge in [-0.2, -0.15) is 4.98 Å². The van der Waals surface area contributed by atoms with Crippen LogP contribution in [0.4, 0.5) is 5.95 Å². The fraction of sp³-hybridized carbons (Fsp3) is 0.393. The van der Waals surface area contributed by atoms with Crippen LogP contribution < -0.4 is 20.9 Å². The first-order valence-corrected chi connectivity index (χ1v) is 12.7. The minimum atomic E-state index is -0.885. The summed E-state index contributed by atoms with van der Waals surface area (Å²) in [5.41, 5.74) is 1.96. The molecule has 1 unspecified atom stereocenters. The van der Waals surface area contributed by atoms with E-state index in [1.807, 2.05) is 37.3 Å². The normalized spacial score (nSPS) is 15.3. The molecular formula is C28H33N5O4. The highest BCUT2D eigenvalue weighted by atomic mass is 16.5. The third-order valence-electron chi connectivity index (χ3n) is 7.08. The van der Waals surface area contributed by atoms with Gasteiger partial charge in [-0.1, -0.05) is 42.5 Å². The summed E-state index contributed by atoms with van der Waals surface area (Å²) in [6.45, 7) is 3.71. The highest BCUT2D eigenvalue weighted by molar-refractivity contribution is 5.74. The maximum absolute atomic E-state index is 12.9. The minimum absolute atomic E-state index is 0.0609. The van der Waals surface area contributed by atoms with Crippen LogP contribution in [0.1, 0.15) is 24.0 Å². The summed E-state index contributed by atoms with van der Waals surface area (Å²) in [5, 5.41) is 10.9. The average Bonchev–Trinajstić information content (AvgIpc) is 3.27. The maximum Gasteiger partial charge on any atom is 0.329 e. The fourth-order valence-corrected chi connectivity index (χ4v) is 5.08. The predicted octanol–water partition coefficient (Wildman–Crippen LogP) is 2.63. The van der Waals surface area contributed by atoms with Crippen LogP contribution in [0.5, 0.6) is 5.75 Å². The molecular weight excluding hydrogens is 470 g/mol. The summed E-state index contributed by atoms with van der Waals surface area (Å²) in [6, 6.07) is 18.1. The van der Waals surface area contributed by atoms with Crippen molar-refractivity contribution in [2.45, 2.75) is 38.8 Å². The first-order chi connectivity index (χ1) is 17.9. The van der Waals surface area contributed by atoms with Gasteiger partial charge in [0.1, 0.15) is 18.5 Å². The van der Waals surface area contributed by atoms with Crippen molar-refractivity contribution < 1.29 is 9.84 Å². The van der Waals surface area contributed by atoms with E-state index in [0.717, 1.165) is 37.9 Å². The summed E-state index contributed by atoms with van der Waals surface area (Å²) < 4.78 is 8.87. The Bertz CT molecular complexity index is 1480. The average molecular weight is 504 g/mol. The Balaban J connectivity index is 1.38.